The summed E-state index contributed by atoms with van der Waals surface area (Å²) in [6, 6.07) is 12.6. The molecule has 4 aliphatic heterocycles. The Kier molecular flexibility index (Phi) is 8.07. The summed E-state index contributed by atoms with van der Waals surface area (Å²) in [6.07, 6.45) is 8.30. The van der Waals surface area contributed by atoms with E-state index in [0.717, 1.165) is 0 Å². The van der Waals surface area contributed by atoms with Crippen molar-refractivity contribution in [3.63, 3.8) is 0 Å². The Morgan fingerprint density at radius 3 is 2.30 bits per heavy atom. The Hall–Kier alpha value is -3.66. The average molecular weight is 620 g/mol. The van der Waals surface area contributed by atoms with Crippen molar-refractivity contribution in [3.05, 3.63) is 77.9 Å². The van der Waals surface area contributed by atoms with Crippen LogP contribution in [0.4, 0.5) is 11.4 Å². The number of anilines is 2. The van der Waals surface area contributed by atoms with Gasteiger partial charge in [0, 0.05) is 18.8 Å². The smallest absolute Gasteiger partial charge is 0.253 e. The summed E-state index contributed by atoms with van der Waals surface area (Å²) in [4.78, 5) is 48.8. The Balaban J connectivity index is 1.49. The van der Waals surface area contributed by atoms with Crippen LogP contribution >= 0.6 is 11.6 Å². The van der Waals surface area contributed by atoms with Crippen molar-refractivity contribution in [3.8, 4) is 5.75 Å². The Morgan fingerprint density at radius 2 is 1.64 bits per heavy atom. The predicted octanol–water partition coefficient (Wildman–Crippen LogP) is 4.38. The van der Waals surface area contributed by atoms with E-state index in [1.54, 1.807) is 34.1 Å². The Labute approximate surface area is 262 Å². The van der Waals surface area contributed by atoms with Crippen LogP contribution in [0.2, 0.25) is 5.02 Å². The molecule has 4 aliphatic rings. The summed E-state index contributed by atoms with van der Waals surface area (Å²) in [6.45, 7) is 6.42. The van der Waals surface area contributed by atoms with Crippen LogP contribution < -0.4 is 14.5 Å². The van der Waals surface area contributed by atoms with Crippen LogP contribution in [0.5, 0.6) is 5.75 Å². The molecular formula is C34H38ClN3O6. The molecule has 9 nitrogen and oxygen atoms in total. The van der Waals surface area contributed by atoms with E-state index in [4.69, 9.17) is 21.1 Å². The predicted molar refractivity (Wildman–Crippen MR) is 168 cm³/mol. The number of carbonyl (C=O) groups excluding carboxylic acids is 3. The lowest BCUT2D eigenvalue weighted by Crippen LogP contribution is -2.59. The second-order valence-electron chi connectivity index (χ2n) is 11.7. The molecule has 6 rings (SSSR count). The number of aliphatic hydroxyl groups is 1. The molecule has 2 saturated heterocycles. The van der Waals surface area contributed by atoms with Crippen LogP contribution in [0.1, 0.15) is 33.6 Å². The summed E-state index contributed by atoms with van der Waals surface area (Å²) in [5.41, 5.74) is -1.36. The van der Waals surface area contributed by atoms with Crippen LogP contribution in [0.25, 0.3) is 0 Å². The van der Waals surface area contributed by atoms with E-state index >= 15 is 0 Å². The zero-order valence-electron chi connectivity index (χ0n) is 25.2. The third-order valence-electron chi connectivity index (χ3n) is 9.56. The first-order valence-corrected chi connectivity index (χ1v) is 15.7. The highest BCUT2D eigenvalue weighted by molar-refractivity contribution is 6.34. The van der Waals surface area contributed by atoms with Gasteiger partial charge in [0.15, 0.2) is 0 Å². The van der Waals surface area contributed by atoms with Gasteiger partial charge in [-0.3, -0.25) is 14.4 Å². The Morgan fingerprint density at radius 1 is 0.932 bits per heavy atom. The maximum atomic E-state index is 14.7. The number of likely N-dealkylation sites (tertiary alicyclic amines) is 1. The highest BCUT2D eigenvalue weighted by atomic mass is 35.5. The number of amides is 3. The molecule has 1 unspecified atom stereocenters. The molecule has 2 aromatic carbocycles. The minimum Gasteiger partial charge on any atom is -0.494 e. The number of carbonyl (C=O) groups is 3. The summed E-state index contributed by atoms with van der Waals surface area (Å²) in [5, 5.41) is 10.8. The van der Waals surface area contributed by atoms with Gasteiger partial charge in [-0.1, -0.05) is 61.9 Å². The second kappa shape index (κ2) is 11.7. The second-order valence-corrected chi connectivity index (χ2v) is 12.1. The van der Waals surface area contributed by atoms with Gasteiger partial charge < -0.3 is 29.3 Å². The largest absolute Gasteiger partial charge is 0.494 e. The van der Waals surface area contributed by atoms with Gasteiger partial charge in [-0.15, -0.1) is 0 Å². The molecule has 1 spiro atoms. The number of hydrogen-bond donors (Lipinski definition) is 1. The van der Waals surface area contributed by atoms with Gasteiger partial charge in [0.05, 0.1) is 47.4 Å². The maximum Gasteiger partial charge on any atom is 0.253 e. The molecule has 0 radical (unpaired) electrons. The van der Waals surface area contributed by atoms with E-state index in [9.17, 15) is 19.5 Å². The average Bonchev–Trinajstić information content (AvgIpc) is 3.32. The highest BCUT2D eigenvalue weighted by Crippen LogP contribution is 2.59. The third kappa shape index (κ3) is 4.47. The zero-order valence-corrected chi connectivity index (χ0v) is 25.9. The highest BCUT2D eigenvalue weighted by Gasteiger charge is 2.76. The third-order valence-corrected chi connectivity index (χ3v) is 9.88. The quantitative estimate of drug-likeness (QED) is 0.441. The summed E-state index contributed by atoms with van der Waals surface area (Å²) < 4.78 is 12.6. The van der Waals surface area contributed by atoms with Crippen LogP contribution in [-0.4, -0.2) is 77.3 Å². The number of benzene rings is 2. The lowest BCUT2D eigenvalue weighted by Gasteiger charge is -2.40. The normalized spacial score (nSPS) is 30.2. The number of nitrogens with zero attached hydrogens (tertiary/aromatic N) is 3. The van der Waals surface area contributed by atoms with E-state index in [2.05, 4.69) is 0 Å². The maximum absolute atomic E-state index is 14.7. The van der Waals surface area contributed by atoms with Crippen molar-refractivity contribution in [2.45, 2.75) is 56.9 Å². The van der Waals surface area contributed by atoms with Crippen molar-refractivity contribution in [1.29, 1.82) is 0 Å². The number of fused-ring (bicyclic) bond motifs is 2. The number of ether oxygens (including phenoxy) is 2. The summed E-state index contributed by atoms with van der Waals surface area (Å²) in [7, 11) is 0. The fourth-order valence-corrected chi connectivity index (χ4v) is 7.75. The van der Waals surface area contributed by atoms with Crippen LogP contribution in [0, 0.1) is 11.8 Å². The SMILES string of the molecule is CCOc1ccc(N2CC=C[C@@]3(CC)O[C@]45C=CCN(c6ccccc6Cl)C(=O)C4N([C@@H](CC)CO)C(=O)[C@@H]5[C@H]3C2=O)cc1. The van der Waals surface area contributed by atoms with E-state index in [0.29, 0.717) is 48.1 Å². The van der Waals surface area contributed by atoms with E-state index < -0.39 is 35.1 Å². The Bertz CT molecular complexity index is 1510. The van der Waals surface area contributed by atoms with Gasteiger partial charge in [0.1, 0.15) is 17.4 Å². The van der Waals surface area contributed by atoms with Gasteiger partial charge in [-0.05, 0) is 56.2 Å². The first-order chi connectivity index (χ1) is 21.3. The van der Waals surface area contributed by atoms with E-state index in [1.807, 2.05) is 69.3 Å². The molecule has 232 valence electrons. The molecule has 0 saturated carbocycles. The molecule has 2 fully saturated rings. The van der Waals surface area contributed by atoms with Crippen molar-refractivity contribution in [2.24, 2.45) is 11.8 Å². The van der Waals surface area contributed by atoms with Crippen molar-refractivity contribution < 1.29 is 29.0 Å². The first-order valence-electron chi connectivity index (χ1n) is 15.4. The van der Waals surface area contributed by atoms with E-state index in [-0.39, 0.29) is 30.9 Å². The topological polar surface area (TPSA) is 99.6 Å². The molecule has 0 bridgehead atoms. The lowest BCUT2D eigenvalue weighted by molar-refractivity contribution is -0.149. The van der Waals surface area contributed by atoms with Gasteiger partial charge in [-0.25, -0.2) is 0 Å². The minimum absolute atomic E-state index is 0.209. The van der Waals surface area contributed by atoms with Crippen LogP contribution in [-0.2, 0) is 19.1 Å². The van der Waals surface area contributed by atoms with Crippen LogP contribution in [0.3, 0.4) is 0 Å². The van der Waals surface area contributed by atoms with Crippen molar-refractivity contribution in [2.75, 3.05) is 36.1 Å². The van der Waals surface area contributed by atoms with Gasteiger partial charge in [0.25, 0.3) is 5.91 Å². The molecule has 4 heterocycles. The number of aliphatic hydroxyl groups excluding tert-OH is 1. The number of para-hydroxylation sites is 1. The molecule has 1 N–H and O–H groups in total. The molecule has 0 aromatic heterocycles. The first kappa shape index (κ1) is 30.4. The van der Waals surface area contributed by atoms with Gasteiger partial charge in [0.2, 0.25) is 11.8 Å². The number of halogens is 1. The molecule has 44 heavy (non-hydrogen) atoms. The number of rotatable bonds is 8. The molecule has 3 amide bonds. The minimum atomic E-state index is -1.44. The van der Waals surface area contributed by atoms with Crippen LogP contribution in [0.15, 0.2) is 72.8 Å². The fraction of sp³-hybridized carbons (Fsp3) is 0.441. The van der Waals surface area contributed by atoms with Crippen molar-refractivity contribution >= 4 is 40.7 Å². The zero-order chi connectivity index (χ0) is 31.2. The summed E-state index contributed by atoms with van der Waals surface area (Å²) >= 11 is 6.56. The molecule has 2 aromatic rings. The van der Waals surface area contributed by atoms with Gasteiger partial charge >= 0.3 is 0 Å². The monoisotopic (exact) mass is 619 g/mol. The van der Waals surface area contributed by atoms with Gasteiger partial charge in [-0.2, -0.15) is 0 Å². The standard InChI is InChI=1S/C34H38ClN3O6/c1-4-22(21-39)38-29-32(42)37(26-12-8-7-11-25(26)35)20-10-18-34(29)28(31(38)41)27-30(40)36(19-9-17-33(27,5-2)44-34)23-13-15-24(16-14-23)43-6-3/h7-18,22,27-29,39H,4-6,19-21H2,1-3H3/t22-,27-,28-,29?,33+,34-/m0/s1. The molecule has 10 heteroatoms. The van der Waals surface area contributed by atoms with Crippen molar-refractivity contribution in [1.82, 2.24) is 4.90 Å². The summed E-state index contributed by atoms with van der Waals surface area (Å²) in [5.74, 6) is -2.18. The molecular weight excluding hydrogens is 582 g/mol. The fourth-order valence-electron chi connectivity index (χ4n) is 7.51. The number of hydrogen-bond acceptors (Lipinski definition) is 6. The van der Waals surface area contributed by atoms with E-state index in [1.165, 1.54) is 4.90 Å². The lowest BCUT2D eigenvalue weighted by atomic mass is 9.73. The molecule has 6 atom stereocenters. The molecule has 0 aliphatic carbocycles.